The average Bonchev–Trinajstić information content (AvgIpc) is 2.97. The molecule has 1 aromatic carbocycles. The summed E-state index contributed by atoms with van der Waals surface area (Å²) in [6.07, 6.45) is 0.544. The highest BCUT2D eigenvalue weighted by atomic mass is 35.5. The Balaban J connectivity index is 2.12. The van der Waals surface area contributed by atoms with E-state index in [-0.39, 0.29) is 5.02 Å². The molecule has 0 aliphatic heterocycles. The summed E-state index contributed by atoms with van der Waals surface area (Å²) in [4.78, 5) is 8.60. The van der Waals surface area contributed by atoms with Gasteiger partial charge in [-0.1, -0.05) is 16.8 Å². The third-order valence-corrected chi connectivity index (χ3v) is 3.53. The fraction of sp³-hybridized carbons (Fsp3) is 0.308. The molecule has 0 spiro atoms. The molecule has 8 heteroatoms. The van der Waals surface area contributed by atoms with Crippen LogP contribution >= 0.6 is 23.2 Å². The molecule has 5 nitrogen and oxygen atoms in total. The predicted octanol–water partition coefficient (Wildman–Crippen LogP) is 3.35. The third-order valence-electron chi connectivity index (χ3n) is 3.05. The Bertz CT molecular complexity index is 799. The number of rotatable bonds is 4. The lowest BCUT2D eigenvalue weighted by Crippen LogP contribution is -2.06. The van der Waals surface area contributed by atoms with E-state index in [9.17, 15) is 4.39 Å². The van der Waals surface area contributed by atoms with Gasteiger partial charge in [-0.25, -0.2) is 9.37 Å². The number of aromatic nitrogens is 4. The lowest BCUT2D eigenvalue weighted by Gasteiger charge is -2.05. The van der Waals surface area contributed by atoms with Crippen LogP contribution in [0.25, 0.3) is 11.0 Å². The van der Waals surface area contributed by atoms with Crippen molar-refractivity contribution >= 4 is 34.2 Å². The molecule has 0 atom stereocenters. The van der Waals surface area contributed by atoms with Gasteiger partial charge >= 0.3 is 0 Å². The maximum Gasteiger partial charge on any atom is 0.246 e. The third kappa shape index (κ3) is 2.73. The van der Waals surface area contributed by atoms with Gasteiger partial charge in [0.05, 0.1) is 16.1 Å². The van der Waals surface area contributed by atoms with E-state index in [0.29, 0.717) is 41.6 Å². The monoisotopic (exact) mass is 328 g/mol. The van der Waals surface area contributed by atoms with Crippen molar-refractivity contribution in [2.75, 3.05) is 5.88 Å². The summed E-state index contributed by atoms with van der Waals surface area (Å²) >= 11 is 11.6. The van der Waals surface area contributed by atoms with Crippen LogP contribution in [0.1, 0.15) is 17.5 Å². The molecule has 0 fully saturated rings. The Labute approximate surface area is 129 Å². The zero-order valence-electron chi connectivity index (χ0n) is 11.1. The van der Waals surface area contributed by atoms with Crippen LogP contribution in [0.4, 0.5) is 4.39 Å². The van der Waals surface area contributed by atoms with Crippen LogP contribution in [-0.2, 0) is 13.0 Å². The van der Waals surface area contributed by atoms with Crippen LogP contribution in [-0.4, -0.2) is 25.6 Å². The Morgan fingerprint density at radius 2 is 2.14 bits per heavy atom. The van der Waals surface area contributed by atoms with Crippen LogP contribution in [0.3, 0.4) is 0 Å². The van der Waals surface area contributed by atoms with E-state index in [1.165, 1.54) is 12.1 Å². The van der Waals surface area contributed by atoms with Crippen molar-refractivity contribution < 1.29 is 8.91 Å². The summed E-state index contributed by atoms with van der Waals surface area (Å²) in [6.45, 7) is 2.04. The van der Waals surface area contributed by atoms with Crippen molar-refractivity contribution in [1.29, 1.82) is 0 Å². The molecule has 0 unspecified atom stereocenters. The van der Waals surface area contributed by atoms with E-state index in [2.05, 4.69) is 15.1 Å². The number of aryl methyl sites for hydroxylation is 2. The van der Waals surface area contributed by atoms with E-state index in [1.807, 2.05) is 4.57 Å². The molecule has 2 aromatic heterocycles. The van der Waals surface area contributed by atoms with Gasteiger partial charge in [0, 0.05) is 18.4 Å². The molecule has 0 amide bonds. The highest BCUT2D eigenvalue weighted by Gasteiger charge is 2.15. The number of benzene rings is 1. The van der Waals surface area contributed by atoms with Gasteiger partial charge in [0.2, 0.25) is 5.89 Å². The van der Waals surface area contributed by atoms with Crippen LogP contribution in [0, 0.1) is 12.7 Å². The maximum absolute atomic E-state index is 13.7. The molecule has 0 aliphatic carbocycles. The van der Waals surface area contributed by atoms with E-state index in [0.717, 1.165) is 5.82 Å². The molecule has 21 heavy (non-hydrogen) atoms. The van der Waals surface area contributed by atoms with Crippen LogP contribution in [0.15, 0.2) is 16.7 Å². The first-order valence-corrected chi connectivity index (χ1v) is 7.19. The van der Waals surface area contributed by atoms with Crippen molar-refractivity contribution in [3.8, 4) is 0 Å². The summed E-state index contributed by atoms with van der Waals surface area (Å²) in [5.41, 5.74) is 1.23. The standard InChI is InChI=1S/C13H11Cl2FN4O/c1-7-17-13(21-19-7)6-20-11-5-9(16)8(15)4-10(11)18-12(20)2-3-14/h4-5H,2-3,6H2,1H3. The number of halogens is 3. The number of fused-ring (bicyclic) bond motifs is 1. The molecule has 3 aromatic rings. The minimum atomic E-state index is -0.496. The van der Waals surface area contributed by atoms with Gasteiger partial charge in [0.25, 0.3) is 0 Å². The smallest absolute Gasteiger partial charge is 0.246 e. The van der Waals surface area contributed by atoms with E-state index < -0.39 is 5.82 Å². The molecule has 0 N–H and O–H groups in total. The second-order valence-corrected chi connectivity index (χ2v) is 5.33. The number of imidazole rings is 1. The lowest BCUT2D eigenvalue weighted by atomic mass is 10.3. The molecule has 3 rings (SSSR count). The largest absolute Gasteiger partial charge is 0.337 e. The number of hydrogen-bond donors (Lipinski definition) is 0. The highest BCUT2D eigenvalue weighted by Crippen LogP contribution is 2.25. The van der Waals surface area contributed by atoms with Gasteiger partial charge in [-0.05, 0) is 13.0 Å². The summed E-state index contributed by atoms with van der Waals surface area (Å²) in [7, 11) is 0. The summed E-state index contributed by atoms with van der Waals surface area (Å²) in [5, 5.41) is 3.78. The second-order valence-electron chi connectivity index (χ2n) is 4.54. The maximum atomic E-state index is 13.7. The molecule has 2 heterocycles. The first-order chi connectivity index (χ1) is 10.1. The second kappa shape index (κ2) is 5.61. The molecule has 0 radical (unpaired) electrons. The van der Waals surface area contributed by atoms with Crippen LogP contribution in [0.2, 0.25) is 5.02 Å². The van der Waals surface area contributed by atoms with E-state index >= 15 is 0 Å². The molecular weight excluding hydrogens is 318 g/mol. The minimum Gasteiger partial charge on any atom is -0.337 e. The molecule has 110 valence electrons. The fourth-order valence-electron chi connectivity index (χ4n) is 2.16. The topological polar surface area (TPSA) is 56.7 Å². The first kappa shape index (κ1) is 14.3. The van der Waals surface area contributed by atoms with E-state index in [1.54, 1.807) is 6.92 Å². The van der Waals surface area contributed by atoms with Crippen LogP contribution in [0.5, 0.6) is 0 Å². The Hall–Kier alpha value is -1.66. The number of alkyl halides is 1. The zero-order chi connectivity index (χ0) is 15.0. The molecular formula is C13H11Cl2FN4O. The zero-order valence-corrected chi connectivity index (χ0v) is 12.6. The van der Waals surface area contributed by atoms with Gasteiger partial charge in [-0.3, -0.25) is 0 Å². The quantitative estimate of drug-likeness (QED) is 0.689. The van der Waals surface area contributed by atoms with Crippen LogP contribution < -0.4 is 0 Å². The molecule has 0 aliphatic rings. The Morgan fingerprint density at radius 1 is 1.33 bits per heavy atom. The van der Waals surface area contributed by atoms with E-state index in [4.69, 9.17) is 27.7 Å². The SMILES string of the molecule is Cc1noc(Cn2c(CCCl)nc3cc(Cl)c(F)cc32)n1. The average molecular weight is 329 g/mol. The molecule has 0 saturated heterocycles. The molecule has 0 bridgehead atoms. The molecule has 0 saturated carbocycles. The van der Waals surface area contributed by atoms with Crippen molar-refractivity contribution in [1.82, 2.24) is 19.7 Å². The fourth-order valence-corrected chi connectivity index (χ4v) is 2.49. The number of nitrogens with zero attached hydrogens (tertiary/aromatic N) is 4. The normalized spacial score (nSPS) is 11.4. The Kier molecular flexibility index (Phi) is 3.82. The number of hydrogen-bond acceptors (Lipinski definition) is 4. The van der Waals surface area contributed by atoms with Gasteiger partial charge < -0.3 is 9.09 Å². The van der Waals surface area contributed by atoms with Gasteiger partial charge in [-0.2, -0.15) is 4.98 Å². The van der Waals surface area contributed by atoms with Gasteiger partial charge in [0.1, 0.15) is 18.2 Å². The first-order valence-electron chi connectivity index (χ1n) is 6.28. The predicted molar refractivity (Wildman–Crippen MR) is 77.3 cm³/mol. The highest BCUT2D eigenvalue weighted by molar-refractivity contribution is 6.31. The van der Waals surface area contributed by atoms with Gasteiger partial charge in [-0.15, -0.1) is 11.6 Å². The minimum absolute atomic E-state index is 0.0400. The van der Waals surface area contributed by atoms with Gasteiger partial charge in [0.15, 0.2) is 5.82 Å². The van der Waals surface area contributed by atoms with Crippen molar-refractivity contribution in [3.05, 3.63) is 40.5 Å². The Morgan fingerprint density at radius 3 is 2.81 bits per heavy atom. The summed E-state index contributed by atoms with van der Waals surface area (Å²) in [5.74, 6) is 1.60. The summed E-state index contributed by atoms with van der Waals surface area (Å²) < 4.78 is 20.6. The van der Waals surface area contributed by atoms with Crippen molar-refractivity contribution in [2.45, 2.75) is 19.9 Å². The lowest BCUT2D eigenvalue weighted by molar-refractivity contribution is 0.367. The van der Waals surface area contributed by atoms with Crippen molar-refractivity contribution in [2.24, 2.45) is 0 Å². The van der Waals surface area contributed by atoms with Crippen molar-refractivity contribution in [3.63, 3.8) is 0 Å². The summed E-state index contributed by atoms with van der Waals surface area (Å²) in [6, 6.07) is 2.85.